The van der Waals surface area contributed by atoms with Crippen LogP contribution in [-0.4, -0.2) is 22.6 Å². The summed E-state index contributed by atoms with van der Waals surface area (Å²) in [7, 11) is 0. The molecule has 0 aliphatic carbocycles. The Bertz CT molecular complexity index is 640. The van der Waals surface area contributed by atoms with E-state index >= 15 is 0 Å². The van der Waals surface area contributed by atoms with Gasteiger partial charge in [0.25, 0.3) is 0 Å². The Morgan fingerprint density at radius 2 is 1.90 bits per heavy atom. The summed E-state index contributed by atoms with van der Waals surface area (Å²) >= 11 is 6.17. The Kier molecular flexibility index (Phi) is 3.64. The van der Waals surface area contributed by atoms with Gasteiger partial charge >= 0.3 is 5.97 Å². The zero-order valence-corrected chi connectivity index (χ0v) is 11.6. The maximum atomic E-state index is 11.1. The molecule has 0 amide bonds. The number of hydrogen-bond acceptors (Lipinski definition) is 2. The highest BCUT2D eigenvalue weighted by atomic mass is 35.5. The minimum atomic E-state index is -0.943. The number of aliphatic carboxylic acids is 1. The second-order valence-electron chi connectivity index (χ2n) is 5.13. The van der Waals surface area contributed by atoms with E-state index in [-0.39, 0.29) is 11.5 Å². The summed E-state index contributed by atoms with van der Waals surface area (Å²) in [4.78, 5) is 11.1. The first kappa shape index (κ1) is 13.4. The monoisotopic (exact) mass is 290 g/mol. The molecule has 1 heterocycles. The highest BCUT2D eigenvalue weighted by Gasteiger charge is 2.33. The first-order valence-corrected chi connectivity index (χ1v) is 7.08. The van der Waals surface area contributed by atoms with E-state index in [4.69, 9.17) is 21.4 Å². The molecule has 0 radical (unpaired) electrons. The maximum Gasteiger partial charge on any atom is 0.332 e. The van der Waals surface area contributed by atoms with Crippen molar-refractivity contribution in [3.63, 3.8) is 0 Å². The van der Waals surface area contributed by atoms with Crippen LogP contribution >= 0.6 is 11.6 Å². The van der Waals surface area contributed by atoms with Gasteiger partial charge < -0.3 is 9.84 Å². The summed E-state index contributed by atoms with van der Waals surface area (Å²) < 4.78 is 5.67. The molecule has 0 saturated carbocycles. The summed E-state index contributed by atoms with van der Waals surface area (Å²) in [6.45, 7) is 0. The lowest BCUT2D eigenvalue weighted by Crippen LogP contribution is -2.34. The molecule has 2 aromatic rings. The molecular weight excluding hydrogens is 276 g/mol. The second-order valence-corrected chi connectivity index (χ2v) is 5.74. The maximum absolute atomic E-state index is 11.1. The molecule has 1 aliphatic heterocycles. The van der Waals surface area contributed by atoms with Gasteiger partial charge in [-0.05, 0) is 28.8 Å². The molecule has 1 aliphatic rings. The molecule has 20 heavy (non-hydrogen) atoms. The number of halogens is 1. The van der Waals surface area contributed by atoms with Crippen molar-refractivity contribution in [2.24, 2.45) is 0 Å². The van der Waals surface area contributed by atoms with Gasteiger partial charge in [-0.15, -0.1) is 11.6 Å². The van der Waals surface area contributed by atoms with E-state index in [2.05, 4.69) is 0 Å². The molecule has 4 heteroatoms. The number of benzene rings is 2. The SMILES string of the molecule is O=C(O)[C@H]1C[C@@H](Cl)C[C@@H](c2ccc3ccccc3c2)O1. The Morgan fingerprint density at radius 1 is 1.15 bits per heavy atom. The lowest BCUT2D eigenvalue weighted by atomic mass is 9.96. The molecule has 0 spiro atoms. The highest BCUT2D eigenvalue weighted by molar-refractivity contribution is 6.20. The van der Waals surface area contributed by atoms with Gasteiger partial charge in [0.15, 0.2) is 6.10 Å². The first-order valence-electron chi connectivity index (χ1n) is 6.64. The number of carbonyl (C=O) groups is 1. The molecule has 1 fully saturated rings. The average molecular weight is 291 g/mol. The largest absolute Gasteiger partial charge is 0.479 e. The van der Waals surface area contributed by atoms with E-state index < -0.39 is 12.1 Å². The average Bonchev–Trinajstić information content (AvgIpc) is 2.46. The Balaban J connectivity index is 1.91. The molecule has 3 nitrogen and oxygen atoms in total. The molecule has 1 N–H and O–H groups in total. The van der Waals surface area contributed by atoms with Crippen LogP contribution in [0.1, 0.15) is 24.5 Å². The number of hydrogen-bond donors (Lipinski definition) is 1. The van der Waals surface area contributed by atoms with Crippen LogP contribution < -0.4 is 0 Å². The van der Waals surface area contributed by atoms with Crippen LogP contribution in [0.3, 0.4) is 0 Å². The van der Waals surface area contributed by atoms with Gasteiger partial charge in [-0.1, -0.05) is 36.4 Å². The fourth-order valence-corrected chi connectivity index (χ4v) is 2.98. The predicted molar refractivity (Wildman–Crippen MR) is 78.1 cm³/mol. The standard InChI is InChI=1S/C16H15ClO3/c17-13-8-14(20-15(9-13)16(18)19)12-6-5-10-3-1-2-4-11(10)7-12/h1-7,13-15H,8-9H2,(H,18,19)/t13-,14-,15+/m0/s1. The van der Waals surface area contributed by atoms with E-state index in [0.29, 0.717) is 12.8 Å². The molecule has 0 unspecified atom stereocenters. The summed E-state index contributed by atoms with van der Waals surface area (Å²) in [5.41, 5.74) is 0.986. The molecule has 1 saturated heterocycles. The zero-order valence-electron chi connectivity index (χ0n) is 10.8. The lowest BCUT2D eigenvalue weighted by molar-refractivity contribution is -0.159. The molecular formula is C16H15ClO3. The van der Waals surface area contributed by atoms with Gasteiger partial charge in [-0.2, -0.15) is 0 Å². The van der Waals surface area contributed by atoms with Crippen LogP contribution in [0.25, 0.3) is 10.8 Å². The van der Waals surface area contributed by atoms with Crippen molar-refractivity contribution in [3.05, 3.63) is 48.0 Å². The van der Waals surface area contributed by atoms with E-state index in [0.717, 1.165) is 16.3 Å². The predicted octanol–water partition coefficient (Wildman–Crippen LogP) is 3.75. The Labute approximate surface area is 122 Å². The smallest absolute Gasteiger partial charge is 0.332 e. The molecule has 104 valence electrons. The molecule has 3 rings (SSSR count). The van der Waals surface area contributed by atoms with Gasteiger partial charge in [0.05, 0.1) is 6.10 Å². The van der Waals surface area contributed by atoms with Crippen molar-refractivity contribution in [2.75, 3.05) is 0 Å². The van der Waals surface area contributed by atoms with Gasteiger partial charge in [-0.3, -0.25) is 0 Å². The van der Waals surface area contributed by atoms with Crippen LogP contribution in [0.2, 0.25) is 0 Å². The summed E-state index contributed by atoms with van der Waals surface area (Å²) in [5.74, 6) is -0.943. The van der Waals surface area contributed by atoms with E-state index in [9.17, 15) is 4.79 Å². The van der Waals surface area contributed by atoms with Crippen LogP contribution in [0.4, 0.5) is 0 Å². The summed E-state index contributed by atoms with van der Waals surface area (Å²) in [6.07, 6.45) is -0.0651. The molecule has 0 aromatic heterocycles. The van der Waals surface area contributed by atoms with Gasteiger partial charge in [-0.25, -0.2) is 4.79 Å². The highest BCUT2D eigenvalue weighted by Crippen LogP contribution is 2.35. The minimum absolute atomic E-state index is 0.165. The van der Waals surface area contributed by atoms with Gasteiger partial charge in [0.2, 0.25) is 0 Å². The van der Waals surface area contributed by atoms with Crippen molar-refractivity contribution in [1.29, 1.82) is 0 Å². The van der Waals surface area contributed by atoms with Crippen molar-refractivity contribution in [2.45, 2.75) is 30.4 Å². The lowest BCUT2D eigenvalue weighted by Gasteiger charge is -2.31. The first-order chi connectivity index (χ1) is 9.63. The third-order valence-electron chi connectivity index (χ3n) is 3.69. The van der Waals surface area contributed by atoms with Gasteiger partial charge in [0, 0.05) is 11.8 Å². The normalized spacial score (nSPS) is 26.6. The third kappa shape index (κ3) is 2.65. The number of fused-ring (bicyclic) bond motifs is 1. The fraction of sp³-hybridized carbons (Fsp3) is 0.312. The third-order valence-corrected chi connectivity index (χ3v) is 4.05. The quantitative estimate of drug-likeness (QED) is 0.857. The van der Waals surface area contributed by atoms with E-state index in [1.54, 1.807) is 0 Å². The van der Waals surface area contributed by atoms with Crippen molar-refractivity contribution < 1.29 is 14.6 Å². The van der Waals surface area contributed by atoms with Crippen LogP contribution in [0.5, 0.6) is 0 Å². The zero-order chi connectivity index (χ0) is 14.1. The van der Waals surface area contributed by atoms with Crippen molar-refractivity contribution in [3.8, 4) is 0 Å². The van der Waals surface area contributed by atoms with Gasteiger partial charge in [0.1, 0.15) is 0 Å². The topological polar surface area (TPSA) is 46.5 Å². The van der Waals surface area contributed by atoms with Crippen LogP contribution in [0.15, 0.2) is 42.5 Å². The Morgan fingerprint density at radius 3 is 2.65 bits per heavy atom. The minimum Gasteiger partial charge on any atom is -0.479 e. The van der Waals surface area contributed by atoms with Crippen LogP contribution in [0, 0.1) is 0 Å². The number of carboxylic acid groups (broad SMARTS) is 1. The van der Waals surface area contributed by atoms with Crippen molar-refractivity contribution >= 4 is 28.3 Å². The summed E-state index contributed by atoms with van der Waals surface area (Å²) in [6, 6.07) is 14.1. The molecule has 2 aromatic carbocycles. The fourth-order valence-electron chi connectivity index (χ4n) is 2.65. The molecule has 0 bridgehead atoms. The summed E-state index contributed by atoms with van der Waals surface area (Å²) in [5, 5.41) is 11.2. The van der Waals surface area contributed by atoms with Crippen molar-refractivity contribution in [1.82, 2.24) is 0 Å². The number of ether oxygens (including phenoxy) is 1. The number of rotatable bonds is 2. The van der Waals surface area contributed by atoms with E-state index in [1.807, 2.05) is 42.5 Å². The second kappa shape index (κ2) is 5.43. The molecule has 3 atom stereocenters. The Hall–Kier alpha value is -1.58. The number of carboxylic acids is 1. The number of alkyl halides is 1. The van der Waals surface area contributed by atoms with E-state index in [1.165, 1.54) is 0 Å². The van der Waals surface area contributed by atoms with Crippen LogP contribution in [-0.2, 0) is 9.53 Å².